The van der Waals surface area contributed by atoms with Crippen LogP contribution in [-0.2, 0) is 11.2 Å². The number of rotatable bonds is 3. The molecule has 0 spiro atoms. The zero-order chi connectivity index (χ0) is 19.0. The fourth-order valence-corrected chi connectivity index (χ4v) is 5.13. The predicted octanol–water partition coefficient (Wildman–Crippen LogP) is 4.56. The first-order valence-electron chi connectivity index (χ1n) is 10.5. The van der Waals surface area contributed by atoms with Gasteiger partial charge < -0.3 is 14.6 Å². The second-order valence-corrected chi connectivity index (χ2v) is 8.58. The standard InChI is InChI=1S/C23H32N2O2.ClH/c1-15-12-16(2)22-20(14-27-23(22)17(15)3)13-21(26)25-10-6-19(7-11-25)18-4-8-24-9-5-18;/h12,14,18-19,24H,4-11,13H2,1-3H3;1H. The van der Waals surface area contributed by atoms with E-state index < -0.39 is 0 Å². The molecule has 2 aromatic rings. The molecule has 28 heavy (non-hydrogen) atoms. The van der Waals surface area contributed by atoms with Crippen LogP contribution in [0.15, 0.2) is 16.7 Å². The first-order chi connectivity index (χ1) is 13.0. The van der Waals surface area contributed by atoms with Crippen LogP contribution in [0.4, 0.5) is 0 Å². The van der Waals surface area contributed by atoms with Crippen LogP contribution in [0, 0.1) is 32.6 Å². The Hall–Kier alpha value is -1.52. The van der Waals surface area contributed by atoms with E-state index in [9.17, 15) is 4.79 Å². The molecule has 4 nitrogen and oxygen atoms in total. The molecule has 0 radical (unpaired) electrons. The van der Waals surface area contributed by atoms with E-state index in [0.717, 1.165) is 54.5 Å². The molecule has 3 heterocycles. The normalized spacial score (nSPS) is 19.0. The van der Waals surface area contributed by atoms with E-state index >= 15 is 0 Å². The van der Waals surface area contributed by atoms with Crippen molar-refractivity contribution < 1.29 is 9.21 Å². The van der Waals surface area contributed by atoms with Crippen LogP contribution in [0.25, 0.3) is 11.0 Å². The van der Waals surface area contributed by atoms with Gasteiger partial charge in [0.05, 0.1) is 12.7 Å². The minimum atomic E-state index is 0. The summed E-state index contributed by atoms with van der Waals surface area (Å²) in [6.45, 7) is 10.5. The molecule has 0 atom stereocenters. The van der Waals surface area contributed by atoms with Gasteiger partial charge in [0.15, 0.2) is 0 Å². The lowest BCUT2D eigenvalue weighted by atomic mass is 9.79. The molecule has 0 bridgehead atoms. The number of carbonyl (C=O) groups excluding carboxylic acids is 1. The van der Waals surface area contributed by atoms with E-state index in [2.05, 4.69) is 37.1 Å². The topological polar surface area (TPSA) is 45.5 Å². The van der Waals surface area contributed by atoms with Crippen molar-refractivity contribution in [3.8, 4) is 0 Å². The van der Waals surface area contributed by atoms with Crippen molar-refractivity contribution >= 4 is 29.3 Å². The van der Waals surface area contributed by atoms with Gasteiger partial charge in [-0.1, -0.05) is 6.07 Å². The molecule has 154 valence electrons. The lowest BCUT2D eigenvalue weighted by Gasteiger charge is -2.37. The fraction of sp³-hybridized carbons (Fsp3) is 0.609. The van der Waals surface area contributed by atoms with E-state index in [1.807, 2.05) is 0 Å². The van der Waals surface area contributed by atoms with E-state index in [1.165, 1.54) is 42.4 Å². The number of amides is 1. The van der Waals surface area contributed by atoms with Crippen molar-refractivity contribution in [2.24, 2.45) is 11.8 Å². The van der Waals surface area contributed by atoms with Crippen LogP contribution >= 0.6 is 12.4 Å². The highest BCUT2D eigenvalue weighted by atomic mass is 35.5. The van der Waals surface area contributed by atoms with E-state index in [0.29, 0.717) is 6.42 Å². The number of halogens is 1. The van der Waals surface area contributed by atoms with Crippen LogP contribution in [0.5, 0.6) is 0 Å². The van der Waals surface area contributed by atoms with Gasteiger partial charge in [-0.05, 0) is 88.1 Å². The Morgan fingerprint density at radius 1 is 1.07 bits per heavy atom. The molecular formula is C23H33ClN2O2. The third-order valence-electron chi connectivity index (χ3n) is 6.91. The maximum Gasteiger partial charge on any atom is 0.227 e. The molecule has 2 aliphatic heterocycles. The zero-order valence-electron chi connectivity index (χ0n) is 17.3. The molecule has 4 rings (SSSR count). The highest BCUT2D eigenvalue weighted by molar-refractivity contribution is 5.92. The number of carbonyl (C=O) groups is 1. The van der Waals surface area contributed by atoms with Gasteiger partial charge in [-0.3, -0.25) is 4.79 Å². The van der Waals surface area contributed by atoms with Crippen molar-refractivity contribution in [1.29, 1.82) is 0 Å². The molecule has 1 aromatic carbocycles. The van der Waals surface area contributed by atoms with Gasteiger partial charge in [-0.2, -0.15) is 0 Å². The molecule has 1 N–H and O–H groups in total. The van der Waals surface area contributed by atoms with Gasteiger partial charge in [-0.15, -0.1) is 12.4 Å². The van der Waals surface area contributed by atoms with E-state index in [1.54, 1.807) is 6.26 Å². The number of nitrogens with one attached hydrogen (secondary N) is 1. The third kappa shape index (κ3) is 4.08. The van der Waals surface area contributed by atoms with Crippen molar-refractivity contribution in [2.75, 3.05) is 26.2 Å². The number of hydrogen-bond donors (Lipinski definition) is 1. The number of nitrogens with zero attached hydrogens (tertiary/aromatic N) is 1. The second-order valence-electron chi connectivity index (χ2n) is 8.58. The Morgan fingerprint density at radius 3 is 2.39 bits per heavy atom. The fourth-order valence-electron chi connectivity index (χ4n) is 5.13. The Morgan fingerprint density at radius 2 is 1.71 bits per heavy atom. The molecule has 0 saturated carbocycles. The highest BCUT2D eigenvalue weighted by Gasteiger charge is 2.29. The number of fused-ring (bicyclic) bond motifs is 1. The Balaban J connectivity index is 0.00000225. The molecule has 0 aliphatic carbocycles. The van der Waals surface area contributed by atoms with Crippen molar-refractivity contribution in [3.05, 3.63) is 34.6 Å². The monoisotopic (exact) mass is 404 g/mol. The van der Waals surface area contributed by atoms with Crippen LogP contribution < -0.4 is 5.32 Å². The summed E-state index contributed by atoms with van der Waals surface area (Å²) in [5, 5.41) is 4.59. The smallest absolute Gasteiger partial charge is 0.227 e. The summed E-state index contributed by atoms with van der Waals surface area (Å²) in [5.41, 5.74) is 5.61. The minimum Gasteiger partial charge on any atom is -0.464 e. The largest absolute Gasteiger partial charge is 0.464 e. The van der Waals surface area contributed by atoms with Gasteiger partial charge >= 0.3 is 0 Å². The van der Waals surface area contributed by atoms with Crippen LogP contribution in [0.1, 0.15) is 47.9 Å². The van der Waals surface area contributed by atoms with Crippen molar-refractivity contribution in [1.82, 2.24) is 10.2 Å². The van der Waals surface area contributed by atoms with Gasteiger partial charge in [0.25, 0.3) is 0 Å². The molecular weight excluding hydrogens is 372 g/mol. The summed E-state index contributed by atoms with van der Waals surface area (Å²) in [5.74, 6) is 1.91. The minimum absolute atomic E-state index is 0. The Kier molecular flexibility index (Phi) is 6.72. The Bertz CT molecular complexity index is 831. The first kappa shape index (κ1) is 21.2. The number of aryl methyl sites for hydroxylation is 3. The van der Waals surface area contributed by atoms with Gasteiger partial charge in [0.2, 0.25) is 5.91 Å². The van der Waals surface area contributed by atoms with Crippen molar-refractivity contribution in [3.63, 3.8) is 0 Å². The average molecular weight is 405 g/mol. The van der Waals surface area contributed by atoms with Crippen LogP contribution in [-0.4, -0.2) is 37.0 Å². The average Bonchev–Trinajstić information content (AvgIpc) is 3.11. The molecule has 2 aliphatic rings. The summed E-state index contributed by atoms with van der Waals surface area (Å²) in [7, 11) is 0. The molecule has 5 heteroatoms. The number of piperidine rings is 2. The van der Waals surface area contributed by atoms with Crippen LogP contribution in [0.3, 0.4) is 0 Å². The third-order valence-corrected chi connectivity index (χ3v) is 6.91. The first-order valence-corrected chi connectivity index (χ1v) is 10.5. The number of benzene rings is 1. The summed E-state index contributed by atoms with van der Waals surface area (Å²) in [6.07, 6.45) is 7.19. The second kappa shape index (κ2) is 8.87. The molecule has 0 unspecified atom stereocenters. The quantitative estimate of drug-likeness (QED) is 0.815. The van der Waals surface area contributed by atoms with Gasteiger partial charge in [0, 0.05) is 24.0 Å². The maximum absolute atomic E-state index is 12.9. The van der Waals surface area contributed by atoms with Crippen molar-refractivity contribution in [2.45, 2.75) is 52.9 Å². The molecule has 1 aromatic heterocycles. The summed E-state index contributed by atoms with van der Waals surface area (Å²) in [4.78, 5) is 15.0. The number of hydrogen-bond acceptors (Lipinski definition) is 3. The van der Waals surface area contributed by atoms with Gasteiger partial charge in [-0.25, -0.2) is 0 Å². The number of likely N-dealkylation sites (tertiary alicyclic amines) is 1. The number of furan rings is 1. The maximum atomic E-state index is 12.9. The molecule has 1 amide bonds. The predicted molar refractivity (Wildman–Crippen MR) is 116 cm³/mol. The van der Waals surface area contributed by atoms with E-state index in [4.69, 9.17) is 4.42 Å². The lowest BCUT2D eigenvalue weighted by Crippen LogP contribution is -2.42. The Labute approximate surface area is 174 Å². The lowest BCUT2D eigenvalue weighted by molar-refractivity contribution is -0.132. The van der Waals surface area contributed by atoms with Crippen LogP contribution in [0.2, 0.25) is 0 Å². The van der Waals surface area contributed by atoms with E-state index in [-0.39, 0.29) is 18.3 Å². The summed E-state index contributed by atoms with van der Waals surface area (Å²) >= 11 is 0. The summed E-state index contributed by atoms with van der Waals surface area (Å²) < 4.78 is 5.85. The van der Waals surface area contributed by atoms with Gasteiger partial charge in [0.1, 0.15) is 5.58 Å². The molecule has 2 fully saturated rings. The molecule has 2 saturated heterocycles. The zero-order valence-corrected chi connectivity index (χ0v) is 18.2. The summed E-state index contributed by atoms with van der Waals surface area (Å²) in [6, 6.07) is 2.20. The SMILES string of the molecule is Cc1cc(C)c2c(CC(=O)N3CCC(C4CCNCC4)CC3)coc2c1C.Cl. The highest BCUT2D eigenvalue weighted by Crippen LogP contribution is 2.32.